The maximum atomic E-state index is 11.9. The lowest BCUT2D eigenvalue weighted by molar-refractivity contribution is -0.143. The Kier molecular flexibility index (Phi) is 3.99. The van der Waals surface area contributed by atoms with Gasteiger partial charge in [0.1, 0.15) is 5.54 Å². The van der Waals surface area contributed by atoms with Gasteiger partial charge < -0.3 is 20.5 Å². The van der Waals surface area contributed by atoms with Crippen LogP contribution in [0.5, 0.6) is 0 Å². The van der Waals surface area contributed by atoms with E-state index in [1.807, 2.05) is 0 Å². The van der Waals surface area contributed by atoms with Gasteiger partial charge in [-0.2, -0.15) is 0 Å². The maximum absolute atomic E-state index is 11.9. The Bertz CT molecular complexity index is 370. The van der Waals surface area contributed by atoms with E-state index in [-0.39, 0.29) is 12.1 Å². The molecule has 0 radical (unpaired) electrons. The van der Waals surface area contributed by atoms with Gasteiger partial charge in [-0.05, 0) is 38.5 Å². The van der Waals surface area contributed by atoms with E-state index in [0.29, 0.717) is 18.9 Å². The van der Waals surface area contributed by atoms with Gasteiger partial charge in [0.25, 0.3) is 0 Å². The summed E-state index contributed by atoms with van der Waals surface area (Å²) >= 11 is 0. The third-order valence-corrected chi connectivity index (χ3v) is 4.11. The van der Waals surface area contributed by atoms with Crippen LogP contribution in [-0.2, 0) is 9.53 Å². The quantitative estimate of drug-likeness (QED) is 0.698. The Morgan fingerprint density at radius 3 is 2.58 bits per heavy atom. The highest BCUT2D eigenvalue weighted by Gasteiger charge is 2.42. The average Bonchev–Trinajstić information content (AvgIpc) is 3.10. The number of rotatable bonds is 5. The fraction of sp³-hybridized carbons (Fsp3) is 0.846. The van der Waals surface area contributed by atoms with Crippen molar-refractivity contribution >= 4 is 12.0 Å². The number of urea groups is 1. The van der Waals surface area contributed by atoms with E-state index in [9.17, 15) is 9.59 Å². The number of carbonyl (C=O) groups excluding carboxylic acids is 1. The molecule has 6 heteroatoms. The summed E-state index contributed by atoms with van der Waals surface area (Å²) in [5.41, 5.74) is -1.22. The first kappa shape index (κ1) is 14.1. The van der Waals surface area contributed by atoms with E-state index in [1.54, 1.807) is 6.92 Å². The molecule has 108 valence electrons. The molecule has 6 nitrogen and oxygen atoms in total. The van der Waals surface area contributed by atoms with Crippen LogP contribution in [0.15, 0.2) is 0 Å². The van der Waals surface area contributed by atoms with E-state index >= 15 is 0 Å². The van der Waals surface area contributed by atoms with Crippen LogP contribution in [0.4, 0.5) is 4.79 Å². The summed E-state index contributed by atoms with van der Waals surface area (Å²) < 4.78 is 5.64. The molecule has 0 bridgehead atoms. The Morgan fingerprint density at radius 2 is 2.05 bits per heavy atom. The standard InChI is InChI=1S/C13H22N2O4/c1-3-13(2,11(16)17)15-12(18)14-9-6-7-19-10(9)8-4-5-8/h8-10H,3-7H2,1-2H3,(H,16,17)(H2,14,15,18). The van der Waals surface area contributed by atoms with E-state index in [0.717, 1.165) is 19.3 Å². The van der Waals surface area contributed by atoms with E-state index in [2.05, 4.69) is 10.6 Å². The molecular formula is C13H22N2O4. The van der Waals surface area contributed by atoms with Crippen molar-refractivity contribution in [3.63, 3.8) is 0 Å². The number of hydrogen-bond donors (Lipinski definition) is 3. The minimum Gasteiger partial charge on any atom is -0.480 e. The van der Waals surface area contributed by atoms with Crippen LogP contribution in [0.1, 0.15) is 39.5 Å². The van der Waals surface area contributed by atoms with E-state index in [4.69, 9.17) is 9.84 Å². The Labute approximate surface area is 112 Å². The lowest BCUT2D eigenvalue weighted by Gasteiger charge is -2.27. The Balaban J connectivity index is 1.88. The largest absolute Gasteiger partial charge is 0.480 e. The first-order valence-corrected chi connectivity index (χ1v) is 6.90. The van der Waals surface area contributed by atoms with Gasteiger partial charge in [0.15, 0.2) is 0 Å². The highest BCUT2D eigenvalue weighted by molar-refractivity contribution is 5.85. The highest BCUT2D eigenvalue weighted by atomic mass is 16.5. The third kappa shape index (κ3) is 3.18. The summed E-state index contributed by atoms with van der Waals surface area (Å²) in [6.45, 7) is 3.91. The monoisotopic (exact) mass is 270 g/mol. The molecule has 2 amide bonds. The molecule has 1 saturated heterocycles. The fourth-order valence-electron chi connectivity index (χ4n) is 2.40. The fourth-order valence-corrected chi connectivity index (χ4v) is 2.40. The van der Waals surface area contributed by atoms with Gasteiger partial charge in [-0.25, -0.2) is 9.59 Å². The average molecular weight is 270 g/mol. The first-order valence-electron chi connectivity index (χ1n) is 6.90. The molecule has 2 rings (SSSR count). The van der Waals surface area contributed by atoms with Crippen LogP contribution in [0.25, 0.3) is 0 Å². The first-order chi connectivity index (χ1) is 8.96. The second-order valence-electron chi connectivity index (χ2n) is 5.66. The number of carboxylic acid groups (broad SMARTS) is 1. The van der Waals surface area contributed by atoms with E-state index < -0.39 is 17.5 Å². The number of hydrogen-bond acceptors (Lipinski definition) is 3. The van der Waals surface area contributed by atoms with Gasteiger partial charge in [0.05, 0.1) is 12.1 Å². The Morgan fingerprint density at radius 1 is 1.37 bits per heavy atom. The summed E-state index contributed by atoms with van der Waals surface area (Å²) in [6.07, 6.45) is 3.55. The smallest absolute Gasteiger partial charge is 0.329 e. The van der Waals surface area contributed by atoms with Crippen molar-refractivity contribution in [2.24, 2.45) is 5.92 Å². The van der Waals surface area contributed by atoms with Gasteiger partial charge in [-0.15, -0.1) is 0 Å². The summed E-state index contributed by atoms with van der Waals surface area (Å²) in [5.74, 6) is -0.462. The van der Waals surface area contributed by atoms with Crippen LogP contribution in [-0.4, -0.2) is 41.4 Å². The number of carboxylic acids is 1. The topological polar surface area (TPSA) is 87.7 Å². The van der Waals surface area contributed by atoms with Crippen molar-refractivity contribution in [3.8, 4) is 0 Å². The van der Waals surface area contributed by atoms with Crippen molar-refractivity contribution < 1.29 is 19.4 Å². The van der Waals surface area contributed by atoms with Gasteiger partial charge in [-0.1, -0.05) is 6.92 Å². The number of aliphatic carboxylic acids is 1. The third-order valence-electron chi connectivity index (χ3n) is 4.11. The SMILES string of the molecule is CCC(C)(NC(=O)NC1CCOC1C1CC1)C(=O)O. The summed E-state index contributed by atoms with van der Waals surface area (Å²) in [7, 11) is 0. The molecule has 1 aliphatic carbocycles. The van der Waals surface area contributed by atoms with Crippen molar-refractivity contribution in [1.82, 2.24) is 10.6 Å². The summed E-state index contributed by atoms with van der Waals surface area (Å²) in [6, 6.07) is -0.421. The molecule has 3 N–H and O–H groups in total. The van der Waals surface area contributed by atoms with Crippen LogP contribution in [0.3, 0.4) is 0 Å². The molecule has 3 unspecified atom stereocenters. The predicted octanol–water partition coefficient (Wildman–Crippen LogP) is 1.11. The molecule has 1 heterocycles. The van der Waals surface area contributed by atoms with Crippen molar-refractivity contribution in [2.45, 2.75) is 57.2 Å². The van der Waals surface area contributed by atoms with Crippen molar-refractivity contribution in [3.05, 3.63) is 0 Å². The van der Waals surface area contributed by atoms with Crippen molar-refractivity contribution in [2.75, 3.05) is 6.61 Å². The molecule has 0 spiro atoms. The molecule has 1 aliphatic heterocycles. The lowest BCUT2D eigenvalue weighted by atomic mass is 9.99. The lowest BCUT2D eigenvalue weighted by Crippen LogP contribution is -2.57. The second kappa shape index (κ2) is 5.36. The van der Waals surface area contributed by atoms with Gasteiger partial charge in [-0.3, -0.25) is 0 Å². The highest BCUT2D eigenvalue weighted by Crippen LogP contribution is 2.38. The molecule has 0 aromatic heterocycles. The van der Waals surface area contributed by atoms with Gasteiger partial charge in [0, 0.05) is 6.61 Å². The molecule has 0 aromatic rings. The normalized spacial score (nSPS) is 29.6. The van der Waals surface area contributed by atoms with Crippen LogP contribution >= 0.6 is 0 Å². The zero-order chi connectivity index (χ0) is 14.0. The van der Waals surface area contributed by atoms with Gasteiger partial charge >= 0.3 is 12.0 Å². The maximum Gasteiger partial charge on any atom is 0.329 e. The van der Waals surface area contributed by atoms with E-state index in [1.165, 1.54) is 6.92 Å². The molecule has 0 aromatic carbocycles. The molecule has 19 heavy (non-hydrogen) atoms. The number of carbonyl (C=O) groups is 2. The zero-order valence-corrected chi connectivity index (χ0v) is 11.4. The summed E-state index contributed by atoms with van der Waals surface area (Å²) in [5, 5.41) is 14.5. The molecule has 1 saturated carbocycles. The number of ether oxygens (including phenoxy) is 1. The zero-order valence-electron chi connectivity index (χ0n) is 11.4. The second-order valence-corrected chi connectivity index (χ2v) is 5.66. The van der Waals surface area contributed by atoms with Crippen molar-refractivity contribution in [1.29, 1.82) is 0 Å². The predicted molar refractivity (Wildman–Crippen MR) is 68.9 cm³/mol. The Hall–Kier alpha value is -1.30. The minimum atomic E-state index is -1.22. The van der Waals surface area contributed by atoms with Gasteiger partial charge in [0.2, 0.25) is 0 Å². The molecule has 2 fully saturated rings. The molecule has 2 aliphatic rings. The molecule has 3 atom stereocenters. The van der Waals surface area contributed by atoms with Crippen LogP contribution in [0.2, 0.25) is 0 Å². The number of amides is 2. The molecular weight excluding hydrogens is 248 g/mol. The van der Waals surface area contributed by atoms with Crippen LogP contribution in [0, 0.1) is 5.92 Å². The minimum absolute atomic E-state index is 0.00222. The number of nitrogens with one attached hydrogen (secondary N) is 2. The summed E-state index contributed by atoms with van der Waals surface area (Å²) in [4.78, 5) is 23.1. The van der Waals surface area contributed by atoms with Crippen LogP contribution < -0.4 is 10.6 Å².